The van der Waals surface area contributed by atoms with Gasteiger partial charge in [0.05, 0.1) is 11.7 Å². The number of benzene rings is 2. The van der Waals surface area contributed by atoms with Crippen LogP contribution in [-0.2, 0) is 0 Å². The fourth-order valence-corrected chi connectivity index (χ4v) is 4.43. The number of aromatic nitrogens is 1. The summed E-state index contributed by atoms with van der Waals surface area (Å²) in [4.78, 5) is 6.90. The van der Waals surface area contributed by atoms with Gasteiger partial charge in [-0.1, -0.05) is 41.4 Å². The summed E-state index contributed by atoms with van der Waals surface area (Å²) in [6.07, 6.45) is 2.99. The Labute approximate surface area is 205 Å². The molecule has 7 heteroatoms. The summed E-state index contributed by atoms with van der Waals surface area (Å²) in [6.45, 7) is 3.36. The van der Waals surface area contributed by atoms with Crippen LogP contribution in [0.4, 0.5) is 0 Å². The molecule has 4 rings (SSSR count). The van der Waals surface area contributed by atoms with Gasteiger partial charge in [-0.15, -0.1) is 0 Å². The number of ether oxygens (including phenoxy) is 1. The van der Waals surface area contributed by atoms with Gasteiger partial charge in [-0.3, -0.25) is 15.2 Å². The predicted molar refractivity (Wildman–Crippen MR) is 133 cm³/mol. The summed E-state index contributed by atoms with van der Waals surface area (Å²) in [5, 5.41) is 15.8. The molecular weight excluding hydrogens is 457 g/mol. The van der Waals surface area contributed by atoms with Crippen molar-refractivity contribution in [3.05, 3.63) is 94.2 Å². The van der Waals surface area contributed by atoms with E-state index in [-0.39, 0.29) is 12.0 Å². The highest BCUT2D eigenvalue weighted by molar-refractivity contribution is 6.30. The molecular formula is C26H29Cl2N3O2. The molecule has 1 aliphatic rings. The molecule has 2 N–H and O–H groups in total. The topological polar surface area (TPSA) is 57.6 Å². The molecule has 174 valence electrons. The van der Waals surface area contributed by atoms with Crippen LogP contribution < -0.4 is 10.1 Å². The number of nitrogens with zero attached hydrogens (tertiary/aromatic N) is 2. The number of hydrogen-bond acceptors (Lipinski definition) is 5. The minimum absolute atomic E-state index is 0.178. The Hall–Kier alpha value is -2.15. The van der Waals surface area contributed by atoms with Gasteiger partial charge < -0.3 is 9.84 Å². The lowest BCUT2D eigenvalue weighted by Crippen LogP contribution is -2.45. The van der Waals surface area contributed by atoms with E-state index in [9.17, 15) is 5.11 Å². The van der Waals surface area contributed by atoms with Crippen molar-refractivity contribution in [2.45, 2.75) is 25.1 Å². The van der Waals surface area contributed by atoms with Crippen molar-refractivity contribution >= 4 is 23.2 Å². The van der Waals surface area contributed by atoms with Gasteiger partial charge in [-0.2, -0.15) is 0 Å². The summed E-state index contributed by atoms with van der Waals surface area (Å²) in [7, 11) is 0. The molecule has 3 aromatic rings. The maximum absolute atomic E-state index is 11.0. The average molecular weight is 486 g/mol. The van der Waals surface area contributed by atoms with Gasteiger partial charge in [0.1, 0.15) is 18.6 Å². The maximum Gasteiger partial charge on any atom is 0.119 e. The van der Waals surface area contributed by atoms with Crippen molar-refractivity contribution in [1.29, 1.82) is 0 Å². The highest BCUT2D eigenvalue weighted by atomic mass is 35.5. The zero-order chi connectivity index (χ0) is 23.0. The van der Waals surface area contributed by atoms with Crippen LogP contribution in [0.1, 0.15) is 30.1 Å². The second-order valence-electron chi connectivity index (χ2n) is 8.33. The monoisotopic (exact) mass is 485 g/mol. The Bertz CT molecular complexity index is 979. The van der Waals surface area contributed by atoms with E-state index in [0.29, 0.717) is 16.7 Å². The highest BCUT2D eigenvalue weighted by Gasteiger charge is 2.28. The number of hydrogen-bond donors (Lipinski definition) is 2. The Morgan fingerprint density at radius 1 is 0.970 bits per heavy atom. The lowest BCUT2D eigenvalue weighted by atomic mass is 9.93. The molecule has 2 unspecified atom stereocenters. The SMILES string of the molecule is OC(NC(c1ccc(Cl)cc1)c1ccccn1)C1CCN(CCOc2ccc(Cl)cc2)CC1. The van der Waals surface area contributed by atoms with Gasteiger partial charge in [0.15, 0.2) is 0 Å². The predicted octanol–water partition coefficient (Wildman–Crippen LogP) is 5.18. The lowest BCUT2D eigenvalue weighted by molar-refractivity contribution is 0.0276. The maximum atomic E-state index is 11.0. The minimum Gasteiger partial charge on any atom is -0.492 e. The zero-order valence-corrected chi connectivity index (χ0v) is 19.9. The second-order valence-corrected chi connectivity index (χ2v) is 9.20. The fourth-order valence-electron chi connectivity index (χ4n) is 4.18. The van der Waals surface area contributed by atoms with Crippen molar-refractivity contribution < 1.29 is 9.84 Å². The van der Waals surface area contributed by atoms with Gasteiger partial charge in [-0.05, 0) is 80.0 Å². The van der Waals surface area contributed by atoms with Crippen molar-refractivity contribution in [2.75, 3.05) is 26.2 Å². The summed E-state index contributed by atoms with van der Waals surface area (Å²) in [5.74, 6) is 1.01. The number of aliphatic hydroxyl groups is 1. The summed E-state index contributed by atoms with van der Waals surface area (Å²) >= 11 is 12.0. The molecule has 0 aliphatic carbocycles. The van der Waals surface area contributed by atoms with E-state index in [0.717, 1.165) is 49.5 Å². The van der Waals surface area contributed by atoms with E-state index in [1.165, 1.54) is 0 Å². The van der Waals surface area contributed by atoms with Crippen LogP contribution in [0.15, 0.2) is 72.9 Å². The van der Waals surface area contributed by atoms with Gasteiger partial charge in [0, 0.05) is 28.7 Å². The van der Waals surface area contributed by atoms with Crippen molar-refractivity contribution in [1.82, 2.24) is 15.2 Å². The third kappa shape index (κ3) is 6.92. The van der Waals surface area contributed by atoms with E-state index < -0.39 is 6.23 Å². The Balaban J connectivity index is 1.29. The van der Waals surface area contributed by atoms with Crippen LogP contribution >= 0.6 is 23.2 Å². The van der Waals surface area contributed by atoms with Crippen LogP contribution in [0.3, 0.4) is 0 Å². The number of pyridine rings is 1. The van der Waals surface area contributed by atoms with Crippen LogP contribution in [0.25, 0.3) is 0 Å². The number of halogens is 2. The first kappa shape index (κ1) is 24.0. The summed E-state index contributed by atoms with van der Waals surface area (Å²) < 4.78 is 5.82. The molecule has 0 spiro atoms. The first-order valence-corrected chi connectivity index (χ1v) is 12.1. The number of rotatable bonds is 9. The summed E-state index contributed by atoms with van der Waals surface area (Å²) in [5.41, 5.74) is 1.89. The van der Waals surface area contributed by atoms with Crippen LogP contribution in [-0.4, -0.2) is 47.5 Å². The molecule has 0 bridgehead atoms. The molecule has 1 aromatic heterocycles. The molecule has 2 atom stereocenters. The minimum atomic E-state index is -0.625. The molecule has 1 aliphatic heterocycles. The average Bonchev–Trinajstić information content (AvgIpc) is 2.85. The van der Waals surface area contributed by atoms with Gasteiger partial charge in [0.2, 0.25) is 0 Å². The second kappa shape index (κ2) is 11.8. The molecule has 2 heterocycles. The molecule has 1 saturated heterocycles. The van der Waals surface area contributed by atoms with E-state index in [4.69, 9.17) is 27.9 Å². The van der Waals surface area contributed by atoms with Crippen LogP contribution in [0, 0.1) is 5.92 Å². The number of piperidine rings is 1. The fraction of sp³-hybridized carbons (Fsp3) is 0.346. The third-order valence-electron chi connectivity index (χ3n) is 6.09. The normalized spacial score (nSPS) is 16.9. The van der Waals surface area contributed by atoms with Gasteiger partial charge >= 0.3 is 0 Å². The zero-order valence-electron chi connectivity index (χ0n) is 18.4. The molecule has 0 amide bonds. The van der Waals surface area contributed by atoms with E-state index in [2.05, 4.69) is 15.2 Å². The molecule has 2 aromatic carbocycles. The smallest absolute Gasteiger partial charge is 0.119 e. The standard InChI is InChI=1S/C26H29Cl2N3O2/c27-21-6-4-19(5-7-21)25(24-3-1-2-14-29-24)30-26(32)20-12-15-31(16-13-20)17-18-33-23-10-8-22(28)9-11-23/h1-11,14,20,25-26,30,32H,12-13,15-18H2. The molecule has 1 fully saturated rings. The quantitative estimate of drug-likeness (QED) is 0.409. The highest BCUT2D eigenvalue weighted by Crippen LogP contribution is 2.26. The van der Waals surface area contributed by atoms with Gasteiger partial charge in [-0.25, -0.2) is 0 Å². The molecule has 33 heavy (non-hydrogen) atoms. The largest absolute Gasteiger partial charge is 0.492 e. The van der Waals surface area contributed by atoms with E-state index in [1.54, 1.807) is 6.20 Å². The van der Waals surface area contributed by atoms with E-state index in [1.807, 2.05) is 66.7 Å². The first-order valence-electron chi connectivity index (χ1n) is 11.3. The Morgan fingerprint density at radius 2 is 1.64 bits per heavy atom. The molecule has 0 saturated carbocycles. The van der Waals surface area contributed by atoms with Crippen molar-refractivity contribution in [3.8, 4) is 5.75 Å². The Morgan fingerprint density at radius 3 is 2.27 bits per heavy atom. The summed E-state index contributed by atoms with van der Waals surface area (Å²) in [6, 6.07) is 20.7. The molecule has 0 radical (unpaired) electrons. The van der Waals surface area contributed by atoms with Crippen molar-refractivity contribution in [3.63, 3.8) is 0 Å². The van der Waals surface area contributed by atoms with E-state index >= 15 is 0 Å². The van der Waals surface area contributed by atoms with Crippen LogP contribution in [0.5, 0.6) is 5.75 Å². The van der Waals surface area contributed by atoms with Crippen molar-refractivity contribution in [2.24, 2.45) is 5.92 Å². The van der Waals surface area contributed by atoms with Gasteiger partial charge in [0.25, 0.3) is 0 Å². The number of nitrogens with one attached hydrogen (secondary N) is 1. The lowest BCUT2D eigenvalue weighted by Gasteiger charge is -2.35. The first-order chi connectivity index (χ1) is 16.1. The molecule has 5 nitrogen and oxygen atoms in total. The Kier molecular flexibility index (Phi) is 8.59. The number of likely N-dealkylation sites (tertiary alicyclic amines) is 1. The van der Waals surface area contributed by atoms with Crippen LogP contribution in [0.2, 0.25) is 10.0 Å². The number of aliphatic hydroxyl groups excluding tert-OH is 1. The third-order valence-corrected chi connectivity index (χ3v) is 6.60.